The van der Waals surface area contributed by atoms with Crippen LogP contribution in [0.1, 0.15) is 30.9 Å². The zero-order valence-electron chi connectivity index (χ0n) is 19.7. The molecule has 0 bridgehead atoms. The number of aryl methyl sites for hydroxylation is 2. The number of carbonyl (C=O) groups excluding carboxylic acids is 3. The Bertz CT molecular complexity index is 1220. The molecule has 2 amide bonds. The minimum atomic E-state index is -5.15. The molecule has 9 nitrogen and oxygen atoms in total. The van der Waals surface area contributed by atoms with E-state index in [4.69, 9.17) is 11.6 Å². The Kier molecular flexibility index (Phi) is 9.34. The molecule has 0 saturated heterocycles. The van der Waals surface area contributed by atoms with Crippen LogP contribution >= 0.6 is 11.6 Å². The van der Waals surface area contributed by atoms with Crippen LogP contribution in [0.4, 0.5) is 13.2 Å². The van der Waals surface area contributed by atoms with Crippen LogP contribution in [0.5, 0.6) is 0 Å². The molecule has 2 N–H and O–H groups in total. The fourth-order valence-electron chi connectivity index (χ4n) is 3.58. The molecular formula is C24H24ClF3N6O3. The average Bonchev–Trinajstić information content (AvgIpc) is 3.39. The molecule has 0 aliphatic rings. The number of nitrogens with one attached hydrogen (secondary N) is 2. The summed E-state index contributed by atoms with van der Waals surface area (Å²) in [5.74, 6) is -3.47. The molecule has 196 valence electrons. The van der Waals surface area contributed by atoms with E-state index in [2.05, 4.69) is 20.8 Å². The third-order valence-electron chi connectivity index (χ3n) is 5.56. The zero-order chi connectivity index (χ0) is 27.0. The number of nitrogens with zero attached hydrogens (tertiary/aromatic N) is 4. The van der Waals surface area contributed by atoms with Gasteiger partial charge in [-0.05, 0) is 65.9 Å². The number of benzene rings is 2. The van der Waals surface area contributed by atoms with Crippen molar-refractivity contribution in [1.82, 2.24) is 30.8 Å². The summed E-state index contributed by atoms with van der Waals surface area (Å²) in [6, 6.07) is 11.3. The molecule has 1 aromatic heterocycles. The van der Waals surface area contributed by atoms with Crippen LogP contribution in [0, 0.1) is 0 Å². The van der Waals surface area contributed by atoms with Crippen molar-refractivity contribution >= 4 is 29.2 Å². The number of Topliss-reactive ketones (excluding diaryl/α,β-unsaturated/α-hetero) is 1. The second-order valence-electron chi connectivity index (χ2n) is 8.27. The topological polar surface area (TPSA) is 119 Å². The van der Waals surface area contributed by atoms with Crippen LogP contribution in [0.3, 0.4) is 0 Å². The van der Waals surface area contributed by atoms with E-state index in [9.17, 15) is 27.6 Å². The lowest BCUT2D eigenvalue weighted by Crippen LogP contribution is -2.53. The van der Waals surface area contributed by atoms with Crippen molar-refractivity contribution < 1.29 is 27.6 Å². The van der Waals surface area contributed by atoms with Crippen molar-refractivity contribution in [1.29, 1.82) is 0 Å². The van der Waals surface area contributed by atoms with Gasteiger partial charge in [0.2, 0.25) is 5.91 Å². The summed E-state index contributed by atoms with van der Waals surface area (Å²) in [7, 11) is 0. The molecule has 2 aromatic carbocycles. The van der Waals surface area contributed by atoms with Crippen LogP contribution in [0.2, 0.25) is 5.02 Å². The van der Waals surface area contributed by atoms with Gasteiger partial charge in [-0.1, -0.05) is 41.9 Å². The Balaban J connectivity index is 1.63. The highest BCUT2D eigenvalue weighted by atomic mass is 35.5. The van der Waals surface area contributed by atoms with E-state index in [1.807, 2.05) is 0 Å². The van der Waals surface area contributed by atoms with E-state index in [-0.39, 0.29) is 31.5 Å². The van der Waals surface area contributed by atoms with Crippen molar-refractivity contribution in [2.75, 3.05) is 0 Å². The van der Waals surface area contributed by atoms with Crippen LogP contribution in [-0.4, -0.2) is 56.1 Å². The molecule has 13 heteroatoms. The summed E-state index contributed by atoms with van der Waals surface area (Å²) in [5, 5.41) is 15.6. The van der Waals surface area contributed by atoms with Gasteiger partial charge in [0.15, 0.2) is 5.78 Å². The van der Waals surface area contributed by atoms with Gasteiger partial charge in [-0.25, -0.2) is 4.68 Å². The van der Waals surface area contributed by atoms with Gasteiger partial charge in [-0.15, -0.1) is 5.10 Å². The number of ketones is 1. The molecule has 3 rings (SSSR count). The van der Waals surface area contributed by atoms with Crippen molar-refractivity contribution in [2.24, 2.45) is 0 Å². The van der Waals surface area contributed by atoms with Crippen molar-refractivity contribution in [3.63, 3.8) is 0 Å². The highest BCUT2D eigenvalue weighted by Gasteiger charge is 2.41. The lowest BCUT2D eigenvalue weighted by Gasteiger charge is -2.21. The molecule has 0 fully saturated rings. The van der Waals surface area contributed by atoms with Gasteiger partial charge in [0.25, 0.3) is 0 Å². The van der Waals surface area contributed by atoms with Gasteiger partial charge in [-0.2, -0.15) is 13.2 Å². The third-order valence-corrected chi connectivity index (χ3v) is 5.80. The minimum absolute atomic E-state index is 0.000503. The molecular weight excluding hydrogens is 513 g/mol. The monoisotopic (exact) mass is 536 g/mol. The lowest BCUT2D eigenvalue weighted by atomic mass is 10.0. The largest absolute Gasteiger partial charge is 0.471 e. The quantitative estimate of drug-likeness (QED) is 0.389. The Labute approximate surface area is 215 Å². The summed E-state index contributed by atoms with van der Waals surface area (Å²) >= 11 is 6.09. The number of aromatic nitrogens is 4. The summed E-state index contributed by atoms with van der Waals surface area (Å²) in [6.07, 6.45) is -3.36. The fourth-order valence-corrected chi connectivity index (χ4v) is 3.78. The normalized spacial score (nSPS) is 13.0. The Morgan fingerprint density at radius 1 is 1.05 bits per heavy atom. The number of rotatable bonds is 11. The van der Waals surface area contributed by atoms with Crippen LogP contribution in [0.25, 0.3) is 5.69 Å². The molecule has 37 heavy (non-hydrogen) atoms. The highest BCUT2D eigenvalue weighted by molar-refractivity contribution is 6.30. The van der Waals surface area contributed by atoms with Gasteiger partial charge in [0.1, 0.15) is 12.4 Å². The first-order valence-corrected chi connectivity index (χ1v) is 11.7. The van der Waals surface area contributed by atoms with Crippen LogP contribution in [0.15, 0.2) is 54.9 Å². The van der Waals surface area contributed by atoms with E-state index >= 15 is 0 Å². The Morgan fingerprint density at radius 3 is 2.43 bits per heavy atom. The highest BCUT2D eigenvalue weighted by Crippen LogP contribution is 2.21. The van der Waals surface area contributed by atoms with E-state index < -0.39 is 30.1 Å². The number of hydrogen-bond donors (Lipinski definition) is 2. The molecule has 3 aromatic rings. The number of tetrazole rings is 1. The van der Waals surface area contributed by atoms with Crippen LogP contribution < -0.4 is 10.6 Å². The molecule has 0 aliphatic heterocycles. The van der Waals surface area contributed by atoms with E-state index in [0.717, 1.165) is 5.56 Å². The molecule has 1 heterocycles. The maximum absolute atomic E-state index is 12.8. The molecule has 0 radical (unpaired) electrons. The van der Waals surface area contributed by atoms with Gasteiger partial charge < -0.3 is 10.6 Å². The maximum Gasteiger partial charge on any atom is 0.471 e. The lowest BCUT2D eigenvalue weighted by molar-refractivity contribution is -0.174. The third kappa shape index (κ3) is 8.10. The van der Waals surface area contributed by atoms with Gasteiger partial charge in [-0.3, -0.25) is 14.4 Å². The predicted octanol–water partition coefficient (Wildman–Crippen LogP) is 3.00. The number of halogens is 4. The van der Waals surface area contributed by atoms with E-state index in [0.29, 0.717) is 16.3 Å². The Morgan fingerprint density at radius 2 is 1.78 bits per heavy atom. The molecule has 0 spiro atoms. The average molecular weight is 537 g/mol. The van der Waals surface area contributed by atoms with Gasteiger partial charge >= 0.3 is 12.1 Å². The summed E-state index contributed by atoms with van der Waals surface area (Å²) in [6.45, 7) is 1.43. The van der Waals surface area contributed by atoms with Gasteiger partial charge in [0, 0.05) is 11.4 Å². The number of hydrogen-bond acceptors (Lipinski definition) is 6. The van der Waals surface area contributed by atoms with E-state index in [1.165, 1.54) is 17.9 Å². The Hall–Kier alpha value is -3.80. The number of alkyl halides is 3. The van der Waals surface area contributed by atoms with Crippen LogP contribution in [-0.2, 0) is 27.2 Å². The smallest absolute Gasteiger partial charge is 0.345 e. The SMILES string of the molecule is C[C@H](NC(=O)[C@@H](CCc1ccccc1)NC(=O)C(F)(F)F)C(=O)CCc1cc(Cl)ccc1-n1cnnn1. The first-order valence-electron chi connectivity index (χ1n) is 11.3. The van der Waals surface area contributed by atoms with Crippen molar-refractivity contribution in [3.8, 4) is 5.69 Å². The molecule has 0 unspecified atom stereocenters. The summed E-state index contributed by atoms with van der Waals surface area (Å²) in [4.78, 5) is 37.1. The second kappa shape index (κ2) is 12.4. The fraction of sp³-hybridized carbons (Fsp3) is 0.333. The number of carbonyl (C=O) groups is 3. The molecule has 2 atom stereocenters. The molecule has 0 aliphatic carbocycles. The predicted molar refractivity (Wildman–Crippen MR) is 128 cm³/mol. The zero-order valence-corrected chi connectivity index (χ0v) is 20.5. The minimum Gasteiger partial charge on any atom is -0.345 e. The molecule has 0 saturated carbocycles. The first-order chi connectivity index (χ1) is 17.5. The summed E-state index contributed by atoms with van der Waals surface area (Å²) in [5.41, 5.74) is 2.09. The first kappa shape index (κ1) is 27.8. The van der Waals surface area contributed by atoms with E-state index in [1.54, 1.807) is 53.8 Å². The van der Waals surface area contributed by atoms with Crippen molar-refractivity contribution in [3.05, 3.63) is 71.0 Å². The summed E-state index contributed by atoms with van der Waals surface area (Å²) < 4.78 is 39.9. The number of amides is 2. The van der Waals surface area contributed by atoms with Crippen molar-refractivity contribution in [2.45, 2.75) is 50.9 Å². The standard InChI is InChI=1S/C24H24ClF3N6O3/c1-15(21(35)12-8-17-13-18(25)9-11-20(17)34-14-29-32-33-34)30-22(36)19(31-23(37)24(26,27)28)10-7-16-5-3-2-4-6-16/h2-6,9,11,13-15,19H,7-8,10,12H2,1H3,(H,30,36)(H,31,37)/t15-,19+/m0/s1. The van der Waals surface area contributed by atoms with Gasteiger partial charge in [0.05, 0.1) is 11.7 Å². The maximum atomic E-state index is 12.8. The second-order valence-corrected chi connectivity index (χ2v) is 8.71.